The summed E-state index contributed by atoms with van der Waals surface area (Å²) >= 11 is 9.44. The summed E-state index contributed by atoms with van der Waals surface area (Å²) in [6.45, 7) is 3.93. The van der Waals surface area contributed by atoms with Crippen molar-refractivity contribution in [2.24, 2.45) is 0 Å². The van der Waals surface area contributed by atoms with E-state index < -0.39 is 5.97 Å². The molecule has 0 saturated heterocycles. The van der Waals surface area contributed by atoms with Crippen LogP contribution in [0.15, 0.2) is 34.8 Å². The van der Waals surface area contributed by atoms with Crippen molar-refractivity contribution in [2.45, 2.75) is 19.8 Å². The molecule has 6 heteroatoms. The standard InChI is InChI=1S/C15H14BrClN2O2/c1-8(2)12-6-9(15(20)21)7-13(19-12)18-11-5-3-4-10(17)14(11)16/h3-8H,1-2H3,(H,18,19)(H,20,21). The number of nitrogens with one attached hydrogen (secondary N) is 1. The molecule has 1 aromatic carbocycles. The lowest BCUT2D eigenvalue weighted by Crippen LogP contribution is -2.05. The van der Waals surface area contributed by atoms with E-state index in [0.717, 1.165) is 11.4 Å². The van der Waals surface area contributed by atoms with Crippen molar-refractivity contribution in [3.05, 3.63) is 51.1 Å². The molecule has 0 amide bonds. The third kappa shape index (κ3) is 3.74. The van der Waals surface area contributed by atoms with Crippen molar-refractivity contribution >= 4 is 45.0 Å². The summed E-state index contributed by atoms with van der Waals surface area (Å²) in [5.41, 5.74) is 1.65. The molecule has 2 rings (SSSR count). The highest BCUT2D eigenvalue weighted by molar-refractivity contribution is 9.10. The van der Waals surface area contributed by atoms with Crippen molar-refractivity contribution in [1.82, 2.24) is 4.98 Å². The van der Waals surface area contributed by atoms with E-state index in [1.165, 1.54) is 6.07 Å². The molecule has 110 valence electrons. The number of carboxylic acids is 1. The van der Waals surface area contributed by atoms with E-state index in [9.17, 15) is 9.90 Å². The Kier molecular flexibility index (Phi) is 4.85. The van der Waals surface area contributed by atoms with Crippen molar-refractivity contribution < 1.29 is 9.90 Å². The fourth-order valence-electron chi connectivity index (χ4n) is 1.77. The summed E-state index contributed by atoms with van der Waals surface area (Å²) in [5, 5.41) is 12.9. The Morgan fingerprint density at radius 2 is 2.10 bits per heavy atom. The smallest absolute Gasteiger partial charge is 0.335 e. The molecule has 0 saturated carbocycles. The van der Waals surface area contributed by atoms with E-state index in [4.69, 9.17) is 11.6 Å². The minimum absolute atomic E-state index is 0.132. The van der Waals surface area contributed by atoms with Crippen LogP contribution in [-0.2, 0) is 0 Å². The summed E-state index contributed by atoms with van der Waals surface area (Å²) in [7, 11) is 0. The van der Waals surface area contributed by atoms with Crippen molar-refractivity contribution in [3.8, 4) is 0 Å². The molecular weight excluding hydrogens is 356 g/mol. The molecule has 0 bridgehead atoms. The normalized spacial score (nSPS) is 10.7. The molecule has 1 heterocycles. The van der Waals surface area contributed by atoms with Gasteiger partial charge >= 0.3 is 5.97 Å². The number of halogens is 2. The highest BCUT2D eigenvalue weighted by Gasteiger charge is 2.12. The number of pyridine rings is 1. The van der Waals surface area contributed by atoms with Crippen LogP contribution >= 0.6 is 27.5 Å². The molecule has 0 unspecified atom stereocenters. The molecule has 2 aromatic rings. The SMILES string of the molecule is CC(C)c1cc(C(=O)O)cc(Nc2cccc(Cl)c2Br)n1. The molecule has 0 radical (unpaired) electrons. The molecule has 1 aromatic heterocycles. The van der Waals surface area contributed by atoms with Crippen LogP contribution < -0.4 is 5.32 Å². The molecule has 0 atom stereocenters. The lowest BCUT2D eigenvalue weighted by molar-refractivity contribution is 0.0696. The summed E-state index contributed by atoms with van der Waals surface area (Å²) in [6, 6.07) is 8.49. The van der Waals surface area contributed by atoms with Gasteiger partial charge in [-0.15, -0.1) is 0 Å². The Balaban J connectivity index is 2.43. The number of nitrogens with zero attached hydrogens (tertiary/aromatic N) is 1. The number of carbonyl (C=O) groups is 1. The van der Waals surface area contributed by atoms with Crippen molar-refractivity contribution in [1.29, 1.82) is 0 Å². The molecule has 0 aliphatic rings. The second-order valence-electron chi connectivity index (χ2n) is 4.85. The van der Waals surface area contributed by atoms with Crippen LogP contribution in [0, 0.1) is 0 Å². The minimum atomic E-state index is -0.979. The Morgan fingerprint density at radius 3 is 2.71 bits per heavy atom. The topological polar surface area (TPSA) is 62.2 Å². The monoisotopic (exact) mass is 368 g/mol. The van der Waals surface area contributed by atoms with Gasteiger partial charge in [-0.3, -0.25) is 0 Å². The highest BCUT2D eigenvalue weighted by atomic mass is 79.9. The van der Waals surface area contributed by atoms with Gasteiger partial charge in [-0.25, -0.2) is 9.78 Å². The van der Waals surface area contributed by atoms with Crippen molar-refractivity contribution in [3.63, 3.8) is 0 Å². The Hall–Kier alpha value is -1.59. The van der Waals surface area contributed by atoms with E-state index in [-0.39, 0.29) is 11.5 Å². The molecule has 0 fully saturated rings. The van der Waals surface area contributed by atoms with Crippen LogP contribution in [0.4, 0.5) is 11.5 Å². The number of aromatic carboxylic acids is 1. The number of anilines is 2. The van der Waals surface area contributed by atoms with E-state index in [0.29, 0.717) is 15.3 Å². The number of hydrogen-bond donors (Lipinski definition) is 2. The molecule has 2 N–H and O–H groups in total. The Morgan fingerprint density at radius 1 is 1.38 bits per heavy atom. The maximum atomic E-state index is 11.2. The van der Waals surface area contributed by atoms with E-state index in [2.05, 4.69) is 26.2 Å². The minimum Gasteiger partial charge on any atom is -0.478 e. The van der Waals surface area contributed by atoms with Gasteiger partial charge < -0.3 is 10.4 Å². The fraction of sp³-hybridized carbons (Fsp3) is 0.200. The van der Waals surface area contributed by atoms with Crippen LogP contribution in [0.2, 0.25) is 5.02 Å². The van der Waals surface area contributed by atoms with Gasteiger partial charge in [0.1, 0.15) is 5.82 Å². The largest absolute Gasteiger partial charge is 0.478 e. The van der Waals surface area contributed by atoms with Gasteiger partial charge in [-0.1, -0.05) is 31.5 Å². The zero-order valence-electron chi connectivity index (χ0n) is 11.5. The average molecular weight is 370 g/mol. The first-order chi connectivity index (χ1) is 9.88. The molecule has 0 aliphatic heterocycles. The maximum absolute atomic E-state index is 11.2. The summed E-state index contributed by atoms with van der Waals surface area (Å²) in [6.07, 6.45) is 0. The van der Waals surface area contributed by atoms with Gasteiger partial charge in [0.2, 0.25) is 0 Å². The number of aromatic nitrogens is 1. The second-order valence-corrected chi connectivity index (χ2v) is 6.05. The van der Waals surface area contributed by atoms with Crippen LogP contribution in [0.5, 0.6) is 0 Å². The van der Waals surface area contributed by atoms with Crippen LogP contribution in [0.1, 0.15) is 35.8 Å². The van der Waals surface area contributed by atoms with Crippen LogP contribution in [0.25, 0.3) is 0 Å². The zero-order valence-corrected chi connectivity index (χ0v) is 13.9. The Bertz CT molecular complexity index is 689. The van der Waals surface area contributed by atoms with E-state index in [1.807, 2.05) is 19.9 Å². The van der Waals surface area contributed by atoms with Crippen LogP contribution in [0.3, 0.4) is 0 Å². The van der Waals surface area contributed by atoms with Gasteiger partial charge in [-0.2, -0.15) is 0 Å². The molecule has 0 spiro atoms. The molecule has 21 heavy (non-hydrogen) atoms. The molecular formula is C15H14BrClN2O2. The number of rotatable bonds is 4. The first kappa shape index (κ1) is 15.8. The quantitative estimate of drug-likeness (QED) is 0.790. The molecule has 0 aliphatic carbocycles. The van der Waals surface area contributed by atoms with Crippen LogP contribution in [-0.4, -0.2) is 16.1 Å². The Labute approximate surface area is 136 Å². The van der Waals surface area contributed by atoms with Gasteiger partial charge in [-0.05, 0) is 46.1 Å². The summed E-state index contributed by atoms with van der Waals surface area (Å²) in [4.78, 5) is 15.7. The number of carboxylic acid groups (broad SMARTS) is 1. The lowest BCUT2D eigenvalue weighted by Gasteiger charge is -2.12. The third-order valence-corrected chi connectivity index (χ3v) is 4.30. The van der Waals surface area contributed by atoms with Gasteiger partial charge in [0.25, 0.3) is 0 Å². The predicted molar refractivity (Wildman–Crippen MR) is 87.7 cm³/mol. The third-order valence-electron chi connectivity index (χ3n) is 2.90. The maximum Gasteiger partial charge on any atom is 0.335 e. The first-order valence-electron chi connectivity index (χ1n) is 6.35. The predicted octanol–water partition coefficient (Wildman–Crippen LogP) is 5.06. The average Bonchev–Trinajstić information content (AvgIpc) is 2.43. The van der Waals surface area contributed by atoms with E-state index >= 15 is 0 Å². The fourth-order valence-corrected chi connectivity index (χ4v) is 2.31. The number of benzene rings is 1. The van der Waals surface area contributed by atoms with Gasteiger partial charge in [0.05, 0.1) is 20.7 Å². The van der Waals surface area contributed by atoms with Gasteiger partial charge in [0, 0.05) is 5.69 Å². The zero-order chi connectivity index (χ0) is 15.6. The highest BCUT2D eigenvalue weighted by Crippen LogP contribution is 2.32. The van der Waals surface area contributed by atoms with E-state index in [1.54, 1.807) is 18.2 Å². The number of hydrogen-bond acceptors (Lipinski definition) is 3. The summed E-state index contributed by atoms with van der Waals surface area (Å²) in [5.74, 6) is -0.373. The lowest BCUT2D eigenvalue weighted by atomic mass is 10.1. The van der Waals surface area contributed by atoms with Crippen molar-refractivity contribution in [2.75, 3.05) is 5.32 Å². The summed E-state index contributed by atoms with van der Waals surface area (Å²) < 4.78 is 0.709. The second kappa shape index (κ2) is 6.45. The van der Waals surface area contributed by atoms with Gasteiger partial charge in [0.15, 0.2) is 0 Å². The first-order valence-corrected chi connectivity index (χ1v) is 7.52. The molecule has 4 nitrogen and oxygen atoms in total.